The molecule has 6 nitrogen and oxygen atoms in total. The van der Waals surface area contributed by atoms with Crippen LogP contribution in [0.2, 0.25) is 0 Å². The molecule has 0 bridgehead atoms. The van der Waals surface area contributed by atoms with Gasteiger partial charge in [0.25, 0.3) is 0 Å². The number of carbonyl (C=O) groups is 1. The number of fused-ring (bicyclic) bond motifs is 1. The van der Waals surface area contributed by atoms with Gasteiger partial charge in [-0.05, 0) is 38.1 Å². The molecule has 0 spiro atoms. The molecule has 6 heteroatoms. The molecule has 3 N–H and O–H groups in total. The first-order valence-electron chi connectivity index (χ1n) is 9.23. The molecule has 1 aromatic carbocycles. The van der Waals surface area contributed by atoms with Crippen molar-refractivity contribution in [3.63, 3.8) is 0 Å². The van der Waals surface area contributed by atoms with E-state index in [0.717, 1.165) is 50.1 Å². The summed E-state index contributed by atoms with van der Waals surface area (Å²) in [7, 11) is 4.18. The van der Waals surface area contributed by atoms with Crippen LogP contribution in [0.25, 0.3) is 0 Å². The Hall–Kier alpha value is -1.63. The van der Waals surface area contributed by atoms with Crippen molar-refractivity contribution in [3.8, 4) is 0 Å². The first kappa shape index (κ1) is 18.2. The third kappa shape index (κ3) is 4.71. The van der Waals surface area contributed by atoms with E-state index in [2.05, 4.69) is 34.5 Å². The van der Waals surface area contributed by atoms with Gasteiger partial charge in [-0.2, -0.15) is 0 Å². The number of nitrogens with zero attached hydrogens (tertiary/aromatic N) is 2. The number of rotatable bonds is 5. The number of aliphatic hydroxyl groups excluding tert-OH is 1. The minimum atomic E-state index is -0.545. The molecule has 1 heterocycles. The standard InChI is InChI=1S/C19H30N4O2/c1-22(2)11-12-23-9-7-15(8-10-23)20-19(25)21-18-16-6-4-3-5-14(16)13-17(18)24/h3-6,15,17-18,24H,7-13H2,1-2H3,(H2,20,21,25)/t17-,18+/m1/s1. The summed E-state index contributed by atoms with van der Waals surface area (Å²) in [5, 5.41) is 16.3. The number of urea groups is 1. The van der Waals surface area contributed by atoms with Gasteiger partial charge in [-0.1, -0.05) is 24.3 Å². The summed E-state index contributed by atoms with van der Waals surface area (Å²) in [6, 6.07) is 7.65. The number of nitrogens with one attached hydrogen (secondary N) is 2. The van der Waals surface area contributed by atoms with Crippen molar-refractivity contribution in [3.05, 3.63) is 35.4 Å². The number of hydrogen-bond donors (Lipinski definition) is 3. The monoisotopic (exact) mass is 346 g/mol. The van der Waals surface area contributed by atoms with Crippen molar-refractivity contribution in [1.29, 1.82) is 0 Å². The van der Waals surface area contributed by atoms with E-state index < -0.39 is 6.10 Å². The smallest absolute Gasteiger partial charge is 0.315 e. The number of benzene rings is 1. The van der Waals surface area contributed by atoms with E-state index in [1.807, 2.05) is 24.3 Å². The normalized spacial score (nSPS) is 24.3. The van der Waals surface area contributed by atoms with Crippen LogP contribution in [-0.4, -0.2) is 73.4 Å². The van der Waals surface area contributed by atoms with Crippen molar-refractivity contribution in [2.75, 3.05) is 40.3 Å². The Morgan fingerprint density at radius 3 is 2.68 bits per heavy atom. The molecule has 1 aliphatic heterocycles. The Kier molecular flexibility index (Phi) is 5.93. The predicted molar refractivity (Wildman–Crippen MR) is 98.6 cm³/mol. The molecule has 25 heavy (non-hydrogen) atoms. The van der Waals surface area contributed by atoms with Crippen LogP contribution in [0.1, 0.15) is 30.0 Å². The SMILES string of the molecule is CN(C)CCN1CCC(NC(=O)N[C@H]2c3ccccc3C[C@H]2O)CC1. The van der Waals surface area contributed by atoms with Gasteiger partial charge in [0.1, 0.15) is 0 Å². The van der Waals surface area contributed by atoms with Gasteiger partial charge >= 0.3 is 6.03 Å². The highest BCUT2D eigenvalue weighted by Crippen LogP contribution is 2.31. The topological polar surface area (TPSA) is 67.8 Å². The molecule has 1 aromatic rings. The lowest BCUT2D eigenvalue weighted by molar-refractivity contribution is 0.139. The lowest BCUT2D eigenvalue weighted by Gasteiger charge is -2.33. The fourth-order valence-electron chi connectivity index (χ4n) is 3.76. The average Bonchev–Trinajstić information content (AvgIpc) is 2.90. The molecule has 0 aromatic heterocycles. The number of amides is 2. The summed E-state index contributed by atoms with van der Waals surface area (Å²) in [5.74, 6) is 0. The molecule has 2 atom stereocenters. The van der Waals surface area contributed by atoms with Gasteiger partial charge in [0.15, 0.2) is 0 Å². The van der Waals surface area contributed by atoms with Gasteiger partial charge in [0.2, 0.25) is 0 Å². The molecule has 1 fully saturated rings. The third-order valence-corrected chi connectivity index (χ3v) is 5.28. The second-order valence-electron chi connectivity index (χ2n) is 7.48. The summed E-state index contributed by atoms with van der Waals surface area (Å²) in [4.78, 5) is 17.0. The molecule has 1 aliphatic carbocycles. The predicted octanol–water partition coefficient (Wildman–Crippen LogP) is 0.970. The highest BCUT2D eigenvalue weighted by atomic mass is 16.3. The maximum Gasteiger partial charge on any atom is 0.315 e. The van der Waals surface area contributed by atoms with Gasteiger partial charge in [-0.25, -0.2) is 4.79 Å². The highest BCUT2D eigenvalue weighted by Gasteiger charge is 2.32. The van der Waals surface area contributed by atoms with E-state index in [4.69, 9.17) is 0 Å². The van der Waals surface area contributed by atoms with E-state index in [0.29, 0.717) is 6.42 Å². The Morgan fingerprint density at radius 2 is 1.96 bits per heavy atom. The van der Waals surface area contributed by atoms with Crippen molar-refractivity contribution in [2.45, 2.75) is 37.5 Å². The van der Waals surface area contributed by atoms with Crippen LogP contribution in [-0.2, 0) is 6.42 Å². The summed E-state index contributed by atoms with van der Waals surface area (Å²) in [6.07, 6.45) is 2.01. The fraction of sp³-hybridized carbons (Fsp3) is 0.632. The van der Waals surface area contributed by atoms with Crippen molar-refractivity contribution in [1.82, 2.24) is 20.4 Å². The quantitative estimate of drug-likeness (QED) is 0.743. The summed E-state index contributed by atoms with van der Waals surface area (Å²) in [5.41, 5.74) is 2.15. The number of likely N-dealkylation sites (tertiary alicyclic amines) is 1. The number of piperidine rings is 1. The number of carbonyl (C=O) groups excluding carboxylic acids is 1. The van der Waals surface area contributed by atoms with E-state index >= 15 is 0 Å². The average molecular weight is 346 g/mol. The van der Waals surface area contributed by atoms with E-state index in [9.17, 15) is 9.90 Å². The first-order valence-corrected chi connectivity index (χ1v) is 9.23. The lowest BCUT2D eigenvalue weighted by Crippen LogP contribution is -2.50. The number of aliphatic hydroxyl groups is 1. The van der Waals surface area contributed by atoms with Crippen LogP contribution in [0, 0.1) is 0 Å². The Balaban J connectivity index is 1.45. The minimum absolute atomic E-state index is 0.174. The van der Waals surface area contributed by atoms with E-state index in [-0.39, 0.29) is 18.1 Å². The van der Waals surface area contributed by atoms with Crippen LogP contribution in [0.15, 0.2) is 24.3 Å². The molecular weight excluding hydrogens is 316 g/mol. The minimum Gasteiger partial charge on any atom is -0.390 e. The van der Waals surface area contributed by atoms with Crippen molar-refractivity contribution in [2.24, 2.45) is 0 Å². The van der Waals surface area contributed by atoms with Crippen LogP contribution < -0.4 is 10.6 Å². The molecule has 2 amide bonds. The van der Waals surface area contributed by atoms with Gasteiger partial charge in [-0.15, -0.1) is 0 Å². The molecule has 1 saturated heterocycles. The second-order valence-corrected chi connectivity index (χ2v) is 7.48. The molecule has 0 unspecified atom stereocenters. The van der Waals surface area contributed by atoms with Crippen molar-refractivity contribution >= 4 is 6.03 Å². The second kappa shape index (κ2) is 8.17. The molecule has 2 aliphatic rings. The maximum atomic E-state index is 12.4. The molecule has 3 rings (SSSR count). The van der Waals surface area contributed by atoms with E-state index in [1.54, 1.807) is 0 Å². The highest BCUT2D eigenvalue weighted by molar-refractivity contribution is 5.75. The zero-order valence-corrected chi connectivity index (χ0v) is 15.2. The zero-order chi connectivity index (χ0) is 17.8. The lowest BCUT2D eigenvalue weighted by atomic mass is 10.1. The van der Waals surface area contributed by atoms with Crippen LogP contribution in [0.5, 0.6) is 0 Å². The first-order chi connectivity index (χ1) is 12.0. The molecule has 0 saturated carbocycles. The summed E-state index contributed by atoms with van der Waals surface area (Å²) in [6.45, 7) is 4.19. The van der Waals surface area contributed by atoms with Gasteiger partial charge in [0.05, 0.1) is 12.1 Å². The van der Waals surface area contributed by atoms with Crippen LogP contribution in [0.4, 0.5) is 4.79 Å². The zero-order valence-electron chi connectivity index (χ0n) is 15.2. The van der Waals surface area contributed by atoms with Gasteiger partial charge < -0.3 is 25.5 Å². The maximum absolute atomic E-state index is 12.4. The third-order valence-electron chi connectivity index (χ3n) is 5.28. The molecular formula is C19H30N4O2. The Bertz CT molecular complexity index is 585. The summed E-state index contributed by atoms with van der Waals surface area (Å²) < 4.78 is 0. The molecule has 138 valence electrons. The summed E-state index contributed by atoms with van der Waals surface area (Å²) >= 11 is 0. The van der Waals surface area contributed by atoms with E-state index in [1.165, 1.54) is 0 Å². The van der Waals surface area contributed by atoms with Crippen molar-refractivity contribution < 1.29 is 9.90 Å². The Morgan fingerprint density at radius 1 is 1.24 bits per heavy atom. The number of hydrogen-bond acceptors (Lipinski definition) is 4. The number of likely N-dealkylation sites (N-methyl/N-ethyl adjacent to an activating group) is 1. The Labute approximate surface area is 150 Å². The van der Waals surface area contributed by atoms with Gasteiger partial charge in [-0.3, -0.25) is 0 Å². The van der Waals surface area contributed by atoms with Crippen LogP contribution in [0.3, 0.4) is 0 Å². The molecule has 0 radical (unpaired) electrons. The van der Waals surface area contributed by atoms with Gasteiger partial charge in [0, 0.05) is 38.6 Å². The largest absolute Gasteiger partial charge is 0.390 e. The fourth-order valence-corrected chi connectivity index (χ4v) is 3.76. The van der Waals surface area contributed by atoms with Crippen LogP contribution >= 0.6 is 0 Å².